The molecule has 1 aliphatic rings. The lowest BCUT2D eigenvalue weighted by Gasteiger charge is -2.24. The molecule has 3 heteroatoms. The number of nitrogens with one attached hydrogen (secondary N) is 1. The SMILES string of the molecule is CCC(NC1CCOC1C)c1cccc(Cl)c1. The van der Waals surface area contributed by atoms with Gasteiger partial charge in [0.1, 0.15) is 0 Å². The van der Waals surface area contributed by atoms with Crippen LogP contribution in [0, 0.1) is 0 Å². The van der Waals surface area contributed by atoms with Gasteiger partial charge in [-0.25, -0.2) is 0 Å². The molecule has 0 radical (unpaired) electrons. The van der Waals surface area contributed by atoms with E-state index in [0.717, 1.165) is 24.5 Å². The van der Waals surface area contributed by atoms with Crippen LogP contribution in [0.15, 0.2) is 24.3 Å². The summed E-state index contributed by atoms with van der Waals surface area (Å²) < 4.78 is 5.58. The Balaban J connectivity index is 2.06. The van der Waals surface area contributed by atoms with Crippen LogP contribution in [0.5, 0.6) is 0 Å². The Kier molecular flexibility index (Phi) is 4.43. The molecule has 1 heterocycles. The standard InChI is InChI=1S/C14H20ClNO/c1-3-13(11-5-4-6-12(15)9-11)16-14-7-8-17-10(14)2/h4-6,9-10,13-14,16H,3,7-8H2,1-2H3. The highest BCUT2D eigenvalue weighted by molar-refractivity contribution is 6.30. The number of hydrogen-bond acceptors (Lipinski definition) is 2. The Bertz CT molecular complexity index is 369. The highest BCUT2D eigenvalue weighted by Gasteiger charge is 2.26. The summed E-state index contributed by atoms with van der Waals surface area (Å²) in [7, 11) is 0. The summed E-state index contributed by atoms with van der Waals surface area (Å²) in [6.45, 7) is 5.19. The molecule has 17 heavy (non-hydrogen) atoms. The topological polar surface area (TPSA) is 21.3 Å². The molecule has 1 N–H and O–H groups in total. The number of halogens is 1. The largest absolute Gasteiger partial charge is 0.377 e. The summed E-state index contributed by atoms with van der Waals surface area (Å²) in [5, 5.41) is 4.48. The minimum Gasteiger partial charge on any atom is -0.377 e. The second-order valence-electron chi connectivity index (χ2n) is 4.65. The maximum absolute atomic E-state index is 6.04. The minimum absolute atomic E-state index is 0.309. The monoisotopic (exact) mass is 253 g/mol. The summed E-state index contributed by atoms with van der Waals surface area (Å²) in [4.78, 5) is 0. The maximum atomic E-state index is 6.04. The van der Waals surface area contributed by atoms with Crippen LogP contribution in [0.3, 0.4) is 0 Å². The number of rotatable bonds is 4. The van der Waals surface area contributed by atoms with E-state index in [1.54, 1.807) is 0 Å². The number of benzene rings is 1. The van der Waals surface area contributed by atoms with Gasteiger partial charge in [0, 0.05) is 23.7 Å². The Morgan fingerprint density at radius 2 is 2.35 bits per heavy atom. The van der Waals surface area contributed by atoms with E-state index in [1.165, 1.54) is 5.56 Å². The lowest BCUT2D eigenvalue weighted by Crippen LogP contribution is -2.37. The van der Waals surface area contributed by atoms with E-state index in [1.807, 2.05) is 18.2 Å². The molecule has 1 aromatic rings. The third-order valence-corrected chi connectivity index (χ3v) is 3.69. The first-order valence-corrected chi connectivity index (χ1v) is 6.71. The molecule has 3 unspecified atom stereocenters. The Morgan fingerprint density at radius 3 is 2.94 bits per heavy atom. The molecule has 1 fully saturated rings. The van der Waals surface area contributed by atoms with E-state index in [4.69, 9.17) is 16.3 Å². The van der Waals surface area contributed by atoms with Crippen LogP contribution < -0.4 is 5.32 Å². The first kappa shape index (κ1) is 12.9. The fourth-order valence-electron chi connectivity index (χ4n) is 2.38. The lowest BCUT2D eigenvalue weighted by molar-refractivity contribution is 0.110. The zero-order chi connectivity index (χ0) is 12.3. The fraction of sp³-hybridized carbons (Fsp3) is 0.571. The van der Waals surface area contributed by atoms with Crippen LogP contribution in [0.25, 0.3) is 0 Å². The van der Waals surface area contributed by atoms with Gasteiger partial charge in [-0.1, -0.05) is 30.7 Å². The van der Waals surface area contributed by atoms with Crippen LogP contribution >= 0.6 is 11.6 Å². The zero-order valence-corrected chi connectivity index (χ0v) is 11.2. The van der Waals surface area contributed by atoms with Gasteiger partial charge >= 0.3 is 0 Å². The normalized spacial score (nSPS) is 26.1. The van der Waals surface area contributed by atoms with Crippen molar-refractivity contribution in [2.75, 3.05) is 6.61 Å². The molecule has 2 rings (SSSR count). The van der Waals surface area contributed by atoms with Gasteiger partial charge < -0.3 is 10.1 Å². The molecule has 0 amide bonds. The Hall–Kier alpha value is -0.570. The van der Waals surface area contributed by atoms with Crippen molar-refractivity contribution in [3.8, 4) is 0 Å². The van der Waals surface area contributed by atoms with Crippen LogP contribution in [0.4, 0.5) is 0 Å². The number of hydrogen-bond donors (Lipinski definition) is 1. The molecule has 3 atom stereocenters. The van der Waals surface area contributed by atoms with Crippen molar-refractivity contribution in [1.29, 1.82) is 0 Å². The van der Waals surface area contributed by atoms with E-state index in [2.05, 4.69) is 25.2 Å². The van der Waals surface area contributed by atoms with Gasteiger partial charge in [-0.3, -0.25) is 0 Å². The van der Waals surface area contributed by atoms with Crippen molar-refractivity contribution in [2.45, 2.75) is 44.9 Å². The molecule has 0 aliphatic carbocycles. The van der Waals surface area contributed by atoms with Crippen LogP contribution in [0.2, 0.25) is 5.02 Å². The predicted octanol–water partition coefficient (Wildman–Crippen LogP) is 3.56. The second kappa shape index (κ2) is 5.85. The van der Waals surface area contributed by atoms with E-state index >= 15 is 0 Å². The fourth-order valence-corrected chi connectivity index (χ4v) is 2.58. The third-order valence-electron chi connectivity index (χ3n) is 3.45. The molecule has 0 saturated carbocycles. The molecular formula is C14H20ClNO. The smallest absolute Gasteiger partial charge is 0.0700 e. The Labute approximate surface area is 108 Å². The molecule has 0 bridgehead atoms. The molecule has 1 saturated heterocycles. The minimum atomic E-state index is 0.309. The molecule has 0 spiro atoms. The maximum Gasteiger partial charge on any atom is 0.0700 e. The highest BCUT2D eigenvalue weighted by Crippen LogP contribution is 2.23. The van der Waals surface area contributed by atoms with E-state index in [0.29, 0.717) is 18.2 Å². The summed E-state index contributed by atoms with van der Waals surface area (Å²) in [6, 6.07) is 8.92. The summed E-state index contributed by atoms with van der Waals surface area (Å²) in [6.07, 6.45) is 2.46. The quantitative estimate of drug-likeness (QED) is 0.886. The molecule has 0 aromatic heterocycles. The summed E-state index contributed by atoms with van der Waals surface area (Å²) >= 11 is 6.04. The Morgan fingerprint density at radius 1 is 1.53 bits per heavy atom. The van der Waals surface area contributed by atoms with Crippen molar-refractivity contribution in [1.82, 2.24) is 5.32 Å². The van der Waals surface area contributed by atoms with Gasteiger partial charge in [-0.2, -0.15) is 0 Å². The summed E-state index contributed by atoms with van der Waals surface area (Å²) in [5.74, 6) is 0. The molecule has 1 aliphatic heterocycles. The number of ether oxygens (including phenoxy) is 1. The lowest BCUT2D eigenvalue weighted by atomic mass is 10.0. The van der Waals surface area contributed by atoms with Crippen LogP contribution in [0.1, 0.15) is 38.3 Å². The first-order valence-electron chi connectivity index (χ1n) is 6.34. The van der Waals surface area contributed by atoms with E-state index in [-0.39, 0.29) is 0 Å². The zero-order valence-electron chi connectivity index (χ0n) is 10.4. The second-order valence-corrected chi connectivity index (χ2v) is 5.09. The molecular weight excluding hydrogens is 234 g/mol. The van der Waals surface area contributed by atoms with Crippen LogP contribution in [-0.4, -0.2) is 18.8 Å². The van der Waals surface area contributed by atoms with Crippen LogP contribution in [-0.2, 0) is 4.74 Å². The molecule has 2 nitrogen and oxygen atoms in total. The predicted molar refractivity (Wildman–Crippen MR) is 71.4 cm³/mol. The van der Waals surface area contributed by atoms with Gasteiger partial charge in [-0.05, 0) is 37.5 Å². The molecule has 1 aromatic carbocycles. The van der Waals surface area contributed by atoms with E-state index in [9.17, 15) is 0 Å². The average molecular weight is 254 g/mol. The van der Waals surface area contributed by atoms with Crippen molar-refractivity contribution in [2.24, 2.45) is 0 Å². The van der Waals surface area contributed by atoms with Gasteiger partial charge in [0.05, 0.1) is 6.10 Å². The third kappa shape index (κ3) is 3.21. The van der Waals surface area contributed by atoms with Crippen molar-refractivity contribution in [3.05, 3.63) is 34.9 Å². The average Bonchev–Trinajstić information content (AvgIpc) is 2.71. The van der Waals surface area contributed by atoms with Crippen molar-refractivity contribution < 1.29 is 4.74 Å². The summed E-state index contributed by atoms with van der Waals surface area (Å²) in [5.41, 5.74) is 1.26. The highest BCUT2D eigenvalue weighted by atomic mass is 35.5. The first-order chi connectivity index (χ1) is 8.20. The molecule has 94 valence electrons. The van der Waals surface area contributed by atoms with Crippen molar-refractivity contribution >= 4 is 11.6 Å². The van der Waals surface area contributed by atoms with Gasteiger partial charge in [0.2, 0.25) is 0 Å². The van der Waals surface area contributed by atoms with Crippen molar-refractivity contribution in [3.63, 3.8) is 0 Å². The van der Waals surface area contributed by atoms with Gasteiger partial charge in [0.25, 0.3) is 0 Å². The van der Waals surface area contributed by atoms with E-state index < -0.39 is 0 Å². The van der Waals surface area contributed by atoms with Gasteiger partial charge in [-0.15, -0.1) is 0 Å². The van der Waals surface area contributed by atoms with Gasteiger partial charge in [0.15, 0.2) is 0 Å².